The molecule has 142 valence electrons. The van der Waals surface area contributed by atoms with Gasteiger partial charge in [0, 0.05) is 32.1 Å². The van der Waals surface area contributed by atoms with Crippen LogP contribution in [-0.4, -0.2) is 65.5 Å². The van der Waals surface area contributed by atoms with Crippen molar-refractivity contribution < 1.29 is 29.4 Å². The van der Waals surface area contributed by atoms with Crippen LogP contribution in [0.5, 0.6) is 0 Å². The van der Waals surface area contributed by atoms with Gasteiger partial charge in [-0.1, -0.05) is 12.1 Å². The van der Waals surface area contributed by atoms with Crippen LogP contribution in [0.15, 0.2) is 24.3 Å². The average Bonchev–Trinajstić information content (AvgIpc) is 2.57. The van der Waals surface area contributed by atoms with Crippen molar-refractivity contribution in [1.82, 2.24) is 15.5 Å². The summed E-state index contributed by atoms with van der Waals surface area (Å²) in [6.07, 6.45) is 0.863. The Morgan fingerprint density at radius 2 is 1.58 bits per heavy atom. The van der Waals surface area contributed by atoms with E-state index in [0.29, 0.717) is 30.5 Å². The third kappa shape index (κ3) is 8.25. The van der Waals surface area contributed by atoms with Gasteiger partial charge >= 0.3 is 11.9 Å². The van der Waals surface area contributed by atoms with E-state index in [1.165, 1.54) is 4.90 Å². The van der Waals surface area contributed by atoms with Crippen molar-refractivity contribution in [2.75, 3.05) is 26.7 Å². The Hall–Kier alpha value is -2.94. The van der Waals surface area contributed by atoms with Crippen LogP contribution in [0.1, 0.15) is 28.8 Å². The van der Waals surface area contributed by atoms with Crippen molar-refractivity contribution in [3.8, 4) is 0 Å². The molecule has 0 saturated heterocycles. The Bertz CT molecular complexity index is 628. The molecule has 26 heavy (non-hydrogen) atoms. The summed E-state index contributed by atoms with van der Waals surface area (Å²) in [6.45, 7) is -0.259. The van der Waals surface area contributed by atoms with Gasteiger partial charge in [-0.25, -0.2) is 0 Å². The minimum absolute atomic E-state index is 0.0872. The Morgan fingerprint density at radius 1 is 1.00 bits per heavy atom. The number of nitrogens with zero attached hydrogens (tertiary/aromatic N) is 1. The van der Waals surface area contributed by atoms with Crippen molar-refractivity contribution in [2.45, 2.75) is 19.4 Å². The maximum absolute atomic E-state index is 12.0. The number of nitrogens with one attached hydrogen (secondary N) is 2. The second kappa shape index (κ2) is 10.8. The predicted octanol–water partition coefficient (Wildman–Crippen LogP) is -0.0862. The first-order valence-electron chi connectivity index (χ1n) is 8.05. The number of carboxylic acids is 2. The maximum Gasteiger partial charge on any atom is 0.317 e. The van der Waals surface area contributed by atoms with Gasteiger partial charge in [-0.05, 0) is 24.1 Å². The van der Waals surface area contributed by atoms with E-state index in [4.69, 9.17) is 10.2 Å². The minimum atomic E-state index is -1.11. The van der Waals surface area contributed by atoms with E-state index >= 15 is 0 Å². The number of carbonyl (C=O) groups excluding carboxylic acids is 2. The molecule has 9 nitrogen and oxygen atoms in total. The zero-order chi connectivity index (χ0) is 19.5. The molecule has 9 heteroatoms. The Kier molecular flexibility index (Phi) is 8.79. The third-order valence-electron chi connectivity index (χ3n) is 3.49. The van der Waals surface area contributed by atoms with Crippen LogP contribution in [0, 0.1) is 0 Å². The molecule has 0 aromatic heterocycles. The lowest BCUT2D eigenvalue weighted by Gasteiger charge is -2.18. The Labute approximate surface area is 151 Å². The molecule has 4 N–H and O–H groups in total. The van der Waals surface area contributed by atoms with Gasteiger partial charge in [0.2, 0.25) is 5.91 Å². The number of amides is 2. The summed E-state index contributed by atoms with van der Waals surface area (Å²) in [6, 6.07) is 6.47. The molecular weight excluding hydrogens is 342 g/mol. The first kappa shape index (κ1) is 21.1. The van der Waals surface area contributed by atoms with Crippen molar-refractivity contribution >= 4 is 23.8 Å². The molecule has 0 heterocycles. The molecule has 1 rings (SSSR count). The highest BCUT2D eigenvalue weighted by Crippen LogP contribution is 2.08. The number of hydrogen-bond acceptors (Lipinski definition) is 5. The molecule has 0 bridgehead atoms. The predicted molar refractivity (Wildman–Crippen MR) is 92.6 cm³/mol. The summed E-state index contributed by atoms with van der Waals surface area (Å²) in [5, 5.41) is 22.9. The number of benzene rings is 1. The molecule has 0 radical (unpaired) electrons. The van der Waals surface area contributed by atoms with Gasteiger partial charge < -0.3 is 20.8 Å². The van der Waals surface area contributed by atoms with Gasteiger partial charge in [-0.3, -0.25) is 24.1 Å². The van der Waals surface area contributed by atoms with E-state index in [2.05, 4.69) is 10.6 Å². The number of carbonyl (C=O) groups is 4. The number of rotatable bonds is 11. The van der Waals surface area contributed by atoms with Crippen molar-refractivity contribution in [3.05, 3.63) is 35.4 Å². The van der Waals surface area contributed by atoms with E-state index in [-0.39, 0.29) is 31.4 Å². The summed E-state index contributed by atoms with van der Waals surface area (Å²) in [4.78, 5) is 46.0. The first-order valence-corrected chi connectivity index (χ1v) is 8.05. The number of aliphatic carboxylic acids is 2. The fourth-order valence-corrected chi connectivity index (χ4v) is 2.25. The molecule has 1 aromatic carbocycles. The van der Waals surface area contributed by atoms with Crippen LogP contribution in [0.25, 0.3) is 0 Å². The standard InChI is InChI=1S/C17H23N3O6/c1-18-14(21)3-2-8-19-17(26)13-6-4-12(5-7-13)9-20(10-15(22)23)11-16(24)25/h4-7H,2-3,8-11H2,1H3,(H,18,21)(H,19,26)(H,22,23)(H,24,25). The first-order chi connectivity index (χ1) is 12.3. The number of carboxylic acid groups (broad SMARTS) is 2. The van der Waals surface area contributed by atoms with E-state index in [1.54, 1.807) is 31.3 Å². The minimum Gasteiger partial charge on any atom is -0.480 e. The molecule has 0 aliphatic heterocycles. The Balaban J connectivity index is 2.55. The van der Waals surface area contributed by atoms with Crippen LogP contribution in [0.4, 0.5) is 0 Å². The molecule has 0 aliphatic carbocycles. The van der Waals surface area contributed by atoms with Crippen LogP contribution in [-0.2, 0) is 20.9 Å². The van der Waals surface area contributed by atoms with Crippen LogP contribution < -0.4 is 10.6 Å². The van der Waals surface area contributed by atoms with Gasteiger partial charge in [0.05, 0.1) is 13.1 Å². The molecule has 1 aromatic rings. The topological polar surface area (TPSA) is 136 Å². The van der Waals surface area contributed by atoms with Crippen molar-refractivity contribution in [3.63, 3.8) is 0 Å². The third-order valence-corrected chi connectivity index (χ3v) is 3.49. The summed E-state index contributed by atoms with van der Waals surface area (Å²) in [7, 11) is 1.55. The quantitative estimate of drug-likeness (QED) is 0.402. The van der Waals surface area contributed by atoms with Crippen LogP contribution in [0.2, 0.25) is 0 Å². The molecule has 2 amide bonds. The molecule has 0 fully saturated rings. The second-order valence-electron chi connectivity index (χ2n) is 5.66. The maximum atomic E-state index is 12.0. The molecule has 0 atom stereocenters. The molecule has 0 spiro atoms. The van der Waals surface area contributed by atoms with Crippen molar-refractivity contribution in [2.24, 2.45) is 0 Å². The summed E-state index contributed by atoms with van der Waals surface area (Å²) in [5.74, 6) is -2.59. The fraction of sp³-hybridized carbons (Fsp3) is 0.412. The highest BCUT2D eigenvalue weighted by Gasteiger charge is 2.14. The largest absolute Gasteiger partial charge is 0.480 e. The van der Waals surface area contributed by atoms with Crippen LogP contribution >= 0.6 is 0 Å². The zero-order valence-electron chi connectivity index (χ0n) is 14.5. The number of hydrogen-bond donors (Lipinski definition) is 4. The lowest BCUT2D eigenvalue weighted by molar-refractivity contribution is -0.142. The van der Waals surface area contributed by atoms with E-state index in [9.17, 15) is 19.2 Å². The average molecular weight is 365 g/mol. The lowest BCUT2D eigenvalue weighted by Crippen LogP contribution is -2.34. The van der Waals surface area contributed by atoms with Gasteiger partial charge in [-0.15, -0.1) is 0 Å². The van der Waals surface area contributed by atoms with Gasteiger partial charge in [0.25, 0.3) is 5.91 Å². The normalized spacial score (nSPS) is 10.4. The van der Waals surface area contributed by atoms with Gasteiger partial charge in [0.15, 0.2) is 0 Å². The lowest BCUT2D eigenvalue weighted by atomic mass is 10.1. The fourth-order valence-electron chi connectivity index (χ4n) is 2.25. The van der Waals surface area contributed by atoms with Crippen LogP contribution in [0.3, 0.4) is 0 Å². The molecule has 0 unspecified atom stereocenters. The van der Waals surface area contributed by atoms with Gasteiger partial charge in [-0.2, -0.15) is 0 Å². The zero-order valence-corrected chi connectivity index (χ0v) is 14.5. The van der Waals surface area contributed by atoms with E-state index in [1.807, 2.05) is 0 Å². The highest BCUT2D eigenvalue weighted by molar-refractivity contribution is 5.94. The summed E-state index contributed by atoms with van der Waals surface area (Å²) >= 11 is 0. The molecule has 0 saturated carbocycles. The Morgan fingerprint density at radius 3 is 2.08 bits per heavy atom. The summed E-state index contributed by atoms with van der Waals surface area (Å²) < 4.78 is 0. The molecular formula is C17H23N3O6. The smallest absolute Gasteiger partial charge is 0.317 e. The highest BCUT2D eigenvalue weighted by atomic mass is 16.4. The SMILES string of the molecule is CNC(=O)CCCNC(=O)c1ccc(CN(CC(=O)O)CC(=O)O)cc1. The van der Waals surface area contributed by atoms with E-state index < -0.39 is 11.9 Å². The van der Waals surface area contributed by atoms with E-state index in [0.717, 1.165) is 0 Å². The summed E-state index contributed by atoms with van der Waals surface area (Å²) in [5.41, 5.74) is 1.13. The monoisotopic (exact) mass is 365 g/mol. The van der Waals surface area contributed by atoms with Crippen molar-refractivity contribution in [1.29, 1.82) is 0 Å². The van der Waals surface area contributed by atoms with Gasteiger partial charge in [0.1, 0.15) is 0 Å². The second-order valence-corrected chi connectivity index (χ2v) is 5.66. The molecule has 0 aliphatic rings.